The van der Waals surface area contributed by atoms with Crippen molar-refractivity contribution in [3.8, 4) is 0 Å². The van der Waals surface area contributed by atoms with E-state index in [2.05, 4.69) is 46.0 Å². The Hall–Kier alpha value is -0.813. The number of allylic oxidation sites excluding steroid dienone is 1. The molecule has 0 fully saturated rings. The maximum Gasteiger partial charge on any atom is 0.410 e. The summed E-state index contributed by atoms with van der Waals surface area (Å²) in [5, 5.41) is 0.162. The molecule has 0 N–H and O–H groups in total. The predicted molar refractivity (Wildman–Crippen MR) is 103 cm³/mol. The normalized spacial score (nSPS) is 21.8. The van der Waals surface area contributed by atoms with Gasteiger partial charge < -0.3 is 9.16 Å². The van der Waals surface area contributed by atoms with Gasteiger partial charge in [-0.1, -0.05) is 32.9 Å². The van der Waals surface area contributed by atoms with Gasteiger partial charge in [0.25, 0.3) is 0 Å². The smallest absolute Gasteiger partial charge is 0.410 e. The van der Waals surface area contributed by atoms with E-state index in [1.165, 1.54) is 0 Å². The average Bonchev–Trinajstić information content (AvgIpc) is 2.33. The van der Waals surface area contributed by atoms with Gasteiger partial charge in [-0.2, -0.15) is 0 Å². The van der Waals surface area contributed by atoms with Crippen molar-refractivity contribution >= 4 is 14.4 Å². The van der Waals surface area contributed by atoms with E-state index in [4.69, 9.17) is 9.16 Å². The molecule has 1 aliphatic heterocycles. The Morgan fingerprint density at radius 3 is 2.33 bits per heavy atom. The van der Waals surface area contributed by atoms with E-state index < -0.39 is 13.9 Å². The first-order valence-electron chi connectivity index (χ1n) is 9.14. The van der Waals surface area contributed by atoms with E-state index in [-0.39, 0.29) is 17.2 Å². The van der Waals surface area contributed by atoms with Crippen LogP contribution in [-0.4, -0.2) is 44.1 Å². The van der Waals surface area contributed by atoms with Gasteiger partial charge in [-0.15, -0.1) is 0 Å². The fourth-order valence-corrected chi connectivity index (χ4v) is 3.29. The van der Waals surface area contributed by atoms with Crippen LogP contribution in [0.4, 0.5) is 4.79 Å². The first kappa shape index (κ1) is 21.2. The Morgan fingerprint density at radius 2 is 1.79 bits per heavy atom. The van der Waals surface area contributed by atoms with Crippen LogP contribution >= 0.6 is 0 Å². The molecule has 0 aromatic rings. The second-order valence-electron chi connectivity index (χ2n) is 9.24. The maximum atomic E-state index is 12.6. The Bertz CT molecular complexity index is 447. The van der Waals surface area contributed by atoms with Crippen LogP contribution < -0.4 is 0 Å². The van der Waals surface area contributed by atoms with E-state index in [0.717, 1.165) is 25.8 Å². The third-order valence-corrected chi connectivity index (χ3v) is 9.33. The molecule has 1 amide bonds. The van der Waals surface area contributed by atoms with Crippen LogP contribution in [0.15, 0.2) is 12.2 Å². The fraction of sp³-hybridized carbons (Fsp3) is 0.842. The summed E-state index contributed by atoms with van der Waals surface area (Å²) in [5.74, 6) is 0. The van der Waals surface area contributed by atoms with Gasteiger partial charge in [-0.05, 0) is 58.2 Å². The van der Waals surface area contributed by atoms with Crippen LogP contribution in [-0.2, 0) is 9.16 Å². The molecule has 1 rings (SSSR count). The molecular formula is C19H37NO3Si. The highest BCUT2D eigenvalue weighted by Crippen LogP contribution is 2.36. The summed E-state index contributed by atoms with van der Waals surface area (Å²) in [6.07, 6.45) is 7.23. The summed E-state index contributed by atoms with van der Waals surface area (Å²) in [4.78, 5) is 14.5. The van der Waals surface area contributed by atoms with E-state index in [0.29, 0.717) is 6.61 Å². The molecule has 24 heavy (non-hydrogen) atoms. The predicted octanol–water partition coefficient (Wildman–Crippen LogP) is 5.35. The summed E-state index contributed by atoms with van der Waals surface area (Å²) in [5.41, 5.74) is -0.478. The van der Waals surface area contributed by atoms with Crippen molar-refractivity contribution in [1.29, 1.82) is 0 Å². The molecule has 0 radical (unpaired) electrons. The SMILES string of the molecule is CC(C)(C)OC(=O)N1CCCC/C=C\[C@@H]1CO[Si](C)(C)C(C)(C)C. The quantitative estimate of drug-likeness (QED) is 0.506. The molecule has 0 aliphatic carbocycles. The lowest BCUT2D eigenvalue weighted by atomic mass is 10.1. The average molecular weight is 356 g/mol. The van der Waals surface area contributed by atoms with Crippen molar-refractivity contribution < 1.29 is 14.0 Å². The van der Waals surface area contributed by atoms with E-state index in [9.17, 15) is 4.79 Å². The molecule has 0 aromatic heterocycles. The van der Waals surface area contributed by atoms with Crippen LogP contribution in [0.25, 0.3) is 0 Å². The summed E-state index contributed by atoms with van der Waals surface area (Å²) >= 11 is 0. The first-order valence-corrected chi connectivity index (χ1v) is 12.0. The van der Waals surface area contributed by atoms with Gasteiger partial charge >= 0.3 is 6.09 Å². The number of carbonyl (C=O) groups excluding carboxylic acids is 1. The van der Waals surface area contributed by atoms with Crippen LogP contribution in [0.5, 0.6) is 0 Å². The minimum absolute atomic E-state index is 0.0470. The number of carbonyl (C=O) groups is 1. The van der Waals surface area contributed by atoms with Gasteiger partial charge in [0.15, 0.2) is 8.32 Å². The van der Waals surface area contributed by atoms with Gasteiger partial charge in [0.1, 0.15) is 5.60 Å². The zero-order valence-corrected chi connectivity index (χ0v) is 17.9. The summed E-state index contributed by atoms with van der Waals surface area (Å²) in [6, 6.07) is -0.0470. The highest BCUT2D eigenvalue weighted by Gasteiger charge is 2.38. The lowest BCUT2D eigenvalue weighted by Gasteiger charge is -2.39. The highest BCUT2D eigenvalue weighted by molar-refractivity contribution is 6.74. The fourth-order valence-electron chi connectivity index (χ4n) is 2.27. The topological polar surface area (TPSA) is 38.8 Å². The van der Waals surface area contributed by atoms with Gasteiger partial charge in [-0.3, -0.25) is 4.90 Å². The Labute approximate surface area is 149 Å². The first-order chi connectivity index (χ1) is 10.8. The maximum absolute atomic E-state index is 12.6. The van der Waals surface area contributed by atoms with Crippen molar-refractivity contribution in [3.05, 3.63) is 12.2 Å². The number of nitrogens with zero attached hydrogens (tertiary/aromatic N) is 1. The van der Waals surface area contributed by atoms with Crippen LogP contribution in [0.1, 0.15) is 60.8 Å². The third kappa shape index (κ3) is 6.59. The van der Waals surface area contributed by atoms with Crippen molar-refractivity contribution in [2.45, 2.75) is 90.6 Å². The van der Waals surface area contributed by atoms with Crippen LogP contribution in [0.3, 0.4) is 0 Å². The standard InChI is InChI=1S/C19H37NO3Si/c1-18(2,3)23-17(21)20-14-12-10-9-11-13-16(20)15-22-24(7,8)19(4,5)6/h11,13,16H,9-10,12,14-15H2,1-8H3/b13-11-/t16-/m1/s1. The molecule has 0 spiro atoms. The van der Waals surface area contributed by atoms with Gasteiger partial charge in [-0.25, -0.2) is 4.79 Å². The molecule has 1 aliphatic rings. The van der Waals surface area contributed by atoms with E-state index >= 15 is 0 Å². The molecule has 0 bridgehead atoms. The van der Waals surface area contributed by atoms with E-state index in [1.54, 1.807) is 0 Å². The zero-order chi connectivity index (χ0) is 18.6. The van der Waals surface area contributed by atoms with Crippen molar-refractivity contribution in [1.82, 2.24) is 4.90 Å². The van der Waals surface area contributed by atoms with E-state index in [1.807, 2.05) is 25.7 Å². The molecule has 1 heterocycles. The zero-order valence-electron chi connectivity index (χ0n) is 16.9. The Kier molecular flexibility index (Phi) is 7.12. The second-order valence-corrected chi connectivity index (χ2v) is 14.0. The van der Waals surface area contributed by atoms with Crippen LogP contribution in [0.2, 0.25) is 18.1 Å². The number of hydrogen-bond donors (Lipinski definition) is 0. The van der Waals surface area contributed by atoms with Crippen LogP contribution in [0, 0.1) is 0 Å². The van der Waals surface area contributed by atoms with Crippen molar-refractivity contribution in [2.24, 2.45) is 0 Å². The molecule has 0 unspecified atom stereocenters. The van der Waals surface area contributed by atoms with Crippen molar-refractivity contribution in [2.75, 3.05) is 13.2 Å². The lowest BCUT2D eigenvalue weighted by Crippen LogP contribution is -2.49. The molecule has 4 nitrogen and oxygen atoms in total. The lowest BCUT2D eigenvalue weighted by molar-refractivity contribution is 0.0147. The highest BCUT2D eigenvalue weighted by atomic mass is 28.4. The summed E-state index contributed by atoms with van der Waals surface area (Å²) in [7, 11) is -1.84. The molecule has 5 heteroatoms. The molecule has 0 aromatic carbocycles. The molecule has 0 saturated heterocycles. The third-order valence-electron chi connectivity index (χ3n) is 4.83. The van der Waals surface area contributed by atoms with Gasteiger partial charge in [0.05, 0.1) is 12.6 Å². The summed E-state index contributed by atoms with van der Waals surface area (Å²) in [6.45, 7) is 18.2. The van der Waals surface area contributed by atoms with Crippen molar-refractivity contribution in [3.63, 3.8) is 0 Å². The molecule has 1 atom stereocenters. The largest absolute Gasteiger partial charge is 0.444 e. The van der Waals surface area contributed by atoms with Gasteiger partial charge in [0, 0.05) is 6.54 Å². The monoisotopic (exact) mass is 355 g/mol. The Balaban J connectivity index is 2.87. The Morgan fingerprint density at radius 1 is 1.17 bits per heavy atom. The molecule has 0 saturated carbocycles. The number of ether oxygens (including phenoxy) is 1. The van der Waals surface area contributed by atoms with Gasteiger partial charge in [0.2, 0.25) is 0 Å². The number of hydrogen-bond acceptors (Lipinski definition) is 3. The molecular weight excluding hydrogens is 318 g/mol. The summed E-state index contributed by atoms with van der Waals surface area (Å²) < 4.78 is 12.0. The molecule has 140 valence electrons. The minimum Gasteiger partial charge on any atom is -0.444 e. The minimum atomic E-state index is -1.84. The number of amides is 1. The second kappa shape index (κ2) is 8.04. The number of rotatable bonds is 3.